The predicted molar refractivity (Wildman–Crippen MR) is 122 cm³/mol. The number of ether oxygens (including phenoxy) is 2. The van der Waals surface area contributed by atoms with E-state index in [2.05, 4.69) is 53.2 Å². The maximum atomic E-state index is 11.9. The highest BCUT2D eigenvalue weighted by Gasteiger charge is 2.23. The van der Waals surface area contributed by atoms with Crippen LogP contribution in [0.3, 0.4) is 0 Å². The predicted octanol–water partition coefficient (Wildman–Crippen LogP) is 2.15. The Labute approximate surface area is 186 Å². The number of rotatable bonds is 6. The maximum Gasteiger partial charge on any atom is 0.409 e. The Bertz CT molecular complexity index is 734. The molecule has 0 bridgehead atoms. The van der Waals surface area contributed by atoms with Crippen molar-refractivity contribution in [3.05, 3.63) is 35.4 Å². The lowest BCUT2D eigenvalue weighted by molar-refractivity contribution is -0.0212. The molecule has 1 aromatic carbocycles. The first kappa shape index (κ1) is 23.3. The van der Waals surface area contributed by atoms with Crippen LogP contribution in [0, 0.1) is 0 Å². The summed E-state index contributed by atoms with van der Waals surface area (Å²) in [7, 11) is 0. The number of morpholine rings is 1. The normalized spacial score (nSPS) is 20.6. The van der Waals surface area contributed by atoms with Gasteiger partial charge in [-0.25, -0.2) is 9.79 Å². The summed E-state index contributed by atoms with van der Waals surface area (Å²) >= 11 is 0. The van der Waals surface area contributed by atoms with Gasteiger partial charge in [0.25, 0.3) is 0 Å². The van der Waals surface area contributed by atoms with E-state index in [0.717, 1.165) is 51.8 Å². The second-order valence-corrected chi connectivity index (χ2v) is 8.08. The zero-order valence-corrected chi connectivity index (χ0v) is 19.2. The first-order valence-electron chi connectivity index (χ1n) is 11.5. The molecule has 1 aromatic rings. The summed E-state index contributed by atoms with van der Waals surface area (Å²) < 4.78 is 10.8. The molecule has 2 aliphatic rings. The summed E-state index contributed by atoms with van der Waals surface area (Å²) in [6.07, 6.45) is 0.0732. The van der Waals surface area contributed by atoms with Gasteiger partial charge in [-0.15, -0.1) is 0 Å². The average Bonchev–Trinajstić information content (AvgIpc) is 2.77. The van der Waals surface area contributed by atoms with Crippen molar-refractivity contribution in [2.75, 3.05) is 59.0 Å². The Morgan fingerprint density at radius 2 is 1.90 bits per heavy atom. The number of piperazine rings is 1. The molecule has 0 radical (unpaired) electrons. The largest absolute Gasteiger partial charge is 0.450 e. The minimum absolute atomic E-state index is 0.226. The Morgan fingerprint density at radius 1 is 1.16 bits per heavy atom. The monoisotopic (exact) mass is 431 g/mol. The smallest absolute Gasteiger partial charge is 0.409 e. The third-order valence-electron chi connectivity index (χ3n) is 5.57. The third kappa shape index (κ3) is 7.11. The summed E-state index contributed by atoms with van der Waals surface area (Å²) in [6.45, 7) is 14.4. The molecule has 8 heteroatoms. The van der Waals surface area contributed by atoms with Crippen LogP contribution >= 0.6 is 0 Å². The minimum atomic E-state index is -0.226. The van der Waals surface area contributed by atoms with Crippen LogP contribution in [-0.2, 0) is 22.6 Å². The van der Waals surface area contributed by atoms with Gasteiger partial charge in [-0.05, 0) is 31.9 Å². The van der Waals surface area contributed by atoms with Gasteiger partial charge in [0.2, 0.25) is 0 Å². The third-order valence-corrected chi connectivity index (χ3v) is 5.57. The number of benzene rings is 1. The van der Waals surface area contributed by atoms with Gasteiger partial charge in [-0.3, -0.25) is 4.90 Å². The second kappa shape index (κ2) is 11.9. The first-order valence-corrected chi connectivity index (χ1v) is 11.5. The van der Waals surface area contributed by atoms with E-state index in [1.54, 1.807) is 4.90 Å². The van der Waals surface area contributed by atoms with Gasteiger partial charge in [0.05, 0.1) is 25.9 Å². The fourth-order valence-corrected chi connectivity index (χ4v) is 4.03. The molecule has 2 aliphatic heterocycles. The molecule has 1 N–H and O–H groups in total. The molecule has 1 atom stereocenters. The molecule has 1 unspecified atom stereocenters. The summed E-state index contributed by atoms with van der Waals surface area (Å²) in [5.74, 6) is 0.901. The molecule has 0 saturated carbocycles. The van der Waals surface area contributed by atoms with Crippen LogP contribution in [0.15, 0.2) is 29.3 Å². The lowest BCUT2D eigenvalue weighted by Crippen LogP contribution is -2.53. The number of hydrogen-bond donors (Lipinski definition) is 1. The topological polar surface area (TPSA) is 69.6 Å². The van der Waals surface area contributed by atoms with Gasteiger partial charge in [0, 0.05) is 52.4 Å². The van der Waals surface area contributed by atoms with E-state index in [4.69, 9.17) is 14.5 Å². The van der Waals surface area contributed by atoms with Crippen LogP contribution in [-0.4, -0.2) is 91.9 Å². The van der Waals surface area contributed by atoms with E-state index in [1.807, 2.05) is 6.92 Å². The van der Waals surface area contributed by atoms with Crippen molar-refractivity contribution in [3.63, 3.8) is 0 Å². The van der Waals surface area contributed by atoms with Crippen LogP contribution in [0.5, 0.6) is 0 Å². The molecule has 2 saturated heterocycles. The van der Waals surface area contributed by atoms with E-state index in [-0.39, 0.29) is 6.09 Å². The number of amides is 1. The highest BCUT2D eigenvalue weighted by Crippen LogP contribution is 2.13. The fourth-order valence-electron chi connectivity index (χ4n) is 4.03. The Hall–Kier alpha value is -2.32. The highest BCUT2D eigenvalue weighted by molar-refractivity contribution is 5.80. The molecule has 1 amide bonds. The summed E-state index contributed by atoms with van der Waals surface area (Å²) in [4.78, 5) is 23.2. The molecule has 172 valence electrons. The van der Waals surface area contributed by atoms with E-state index in [1.165, 1.54) is 11.1 Å². The van der Waals surface area contributed by atoms with E-state index >= 15 is 0 Å². The van der Waals surface area contributed by atoms with Crippen LogP contribution in [0.25, 0.3) is 0 Å². The lowest BCUT2D eigenvalue weighted by Gasteiger charge is -2.35. The molecule has 0 spiro atoms. The van der Waals surface area contributed by atoms with Gasteiger partial charge in [-0.1, -0.05) is 24.3 Å². The van der Waals surface area contributed by atoms with Crippen molar-refractivity contribution in [2.24, 2.45) is 4.99 Å². The summed E-state index contributed by atoms with van der Waals surface area (Å²) in [6, 6.07) is 8.70. The molecule has 31 heavy (non-hydrogen) atoms. The fraction of sp³-hybridized carbons (Fsp3) is 0.652. The number of carbonyl (C=O) groups is 1. The number of nitrogens with zero attached hydrogens (tertiary/aromatic N) is 4. The van der Waals surface area contributed by atoms with Crippen molar-refractivity contribution >= 4 is 12.1 Å². The second-order valence-electron chi connectivity index (χ2n) is 8.08. The standard InChI is InChI=1S/C23H37N5O3/c1-4-24-22(27-9-11-28(12-10-27)23(29)30-5-2)25-16-20-7-6-8-21(15-20)18-26-13-14-31-19(3)17-26/h6-8,15,19H,4-5,9-14,16-18H2,1-3H3,(H,24,25). The van der Waals surface area contributed by atoms with Crippen molar-refractivity contribution in [1.82, 2.24) is 20.0 Å². The van der Waals surface area contributed by atoms with Crippen LogP contribution < -0.4 is 5.32 Å². The SMILES string of the molecule is CCNC(=NCc1cccc(CN2CCOC(C)C2)c1)N1CCN(C(=O)OCC)CC1. The average molecular weight is 432 g/mol. The van der Waals surface area contributed by atoms with Crippen molar-refractivity contribution in [2.45, 2.75) is 40.0 Å². The minimum Gasteiger partial charge on any atom is -0.450 e. The molecule has 0 aliphatic carbocycles. The van der Waals surface area contributed by atoms with Gasteiger partial charge < -0.3 is 24.6 Å². The first-order chi connectivity index (χ1) is 15.1. The highest BCUT2D eigenvalue weighted by atomic mass is 16.6. The number of hydrogen-bond acceptors (Lipinski definition) is 5. The molecule has 2 fully saturated rings. The molecular weight excluding hydrogens is 394 g/mol. The molecular formula is C23H37N5O3. The Morgan fingerprint density at radius 3 is 2.61 bits per heavy atom. The van der Waals surface area contributed by atoms with Crippen molar-refractivity contribution in [3.8, 4) is 0 Å². The summed E-state index contributed by atoms with van der Waals surface area (Å²) in [5, 5.41) is 3.40. The van der Waals surface area contributed by atoms with E-state index < -0.39 is 0 Å². The molecule has 3 rings (SSSR count). The molecule has 0 aromatic heterocycles. The van der Waals surface area contributed by atoms with E-state index in [0.29, 0.717) is 32.3 Å². The Balaban J connectivity index is 1.57. The van der Waals surface area contributed by atoms with Gasteiger partial charge in [-0.2, -0.15) is 0 Å². The Kier molecular flexibility index (Phi) is 8.97. The van der Waals surface area contributed by atoms with Gasteiger partial charge in [0.1, 0.15) is 0 Å². The van der Waals surface area contributed by atoms with Crippen LogP contribution in [0.2, 0.25) is 0 Å². The van der Waals surface area contributed by atoms with E-state index in [9.17, 15) is 4.79 Å². The van der Waals surface area contributed by atoms with Gasteiger partial charge >= 0.3 is 6.09 Å². The van der Waals surface area contributed by atoms with Crippen LogP contribution in [0.1, 0.15) is 31.9 Å². The molecule has 2 heterocycles. The number of guanidine groups is 1. The number of nitrogens with one attached hydrogen (secondary N) is 1. The lowest BCUT2D eigenvalue weighted by atomic mass is 10.1. The van der Waals surface area contributed by atoms with Gasteiger partial charge in [0.15, 0.2) is 5.96 Å². The van der Waals surface area contributed by atoms with Crippen molar-refractivity contribution < 1.29 is 14.3 Å². The maximum absolute atomic E-state index is 11.9. The number of carbonyl (C=O) groups excluding carboxylic acids is 1. The molecule has 8 nitrogen and oxygen atoms in total. The van der Waals surface area contributed by atoms with Crippen LogP contribution in [0.4, 0.5) is 4.79 Å². The quantitative estimate of drug-likeness (QED) is 0.550. The zero-order valence-electron chi connectivity index (χ0n) is 19.2. The van der Waals surface area contributed by atoms with Crippen molar-refractivity contribution in [1.29, 1.82) is 0 Å². The summed E-state index contributed by atoms with van der Waals surface area (Å²) in [5.41, 5.74) is 2.52. The number of aliphatic imine (C=N–C) groups is 1. The zero-order chi connectivity index (χ0) is 22.1.